The first kappa shape index (κ1) is 14.6. The van der Waals surface area contributed by atoms with Crippen LogP contribution in [0.4, 0.5) is 13.2 Å². The lowest BCUT2D eigenvalue weighted by molar-refractivity contribution is -0.275. The maximum atomic E-state index is 12.1. The van der Waals surface area contributed by atoms with Gasteiger partial charge in [0.25, 0.3) is 0 Å². The van der Waals surface area contributed by atoms with Crippen LogP contribution in [-0.4, -0.2) is 24.7 Å². The van der Waals surface area contributed by atoms with Crippen LogP contribution in [0.1, 0.15) is 19.3 Å². The molecule has 0 saturated carbocycles. The molecule has 18 heavy (non-hydrogen) atoms. The molecule has 0 atom stereocenters. The van der Waals surface area contributed by atoms with Crippen molar-refractivity contribution in [2.75, 3.05) is 13.2 Å². The Hall–Kier alpha value is -1.43. The number of aliphatic hydroxyl groups is 1. The van der Waals surface area contributed by atoms with Gasteiger partial charge in [0.2, 0.25) is 0 Å². The van der Waals surface area contributed by atoms with E-state index in [1.807, 2.05) is 0 Å². The van der Waals surface area contributed by atoms with Crippen LogP contribution < -0.4 is 9.47 Å². The molecule has 3 nitrogen and oxygen atoms in total. The van der Waals surface area contributed by atoms with Gasteiger partial charge in [-0.05, 0) is 31.4 Å². The van der Waals surface area contributed by atoms with Gasteiger partial charge in [0.15, 0.2) is 11.5 Å². The largest absolute Gasteiger partial charge is 0.573 e. The number of unbranched alkanes of at least 4 members (excludes halogenated alkanes) is 2. The van der Waals surface area contributed by atoms with E-state index in [1.165, 1.54) is 18.2 Å². The van der Waals surface area contributed by atoms with Gasteiger partial charge in [0.1, 0.15) is 0 Å². The number of ether oxygens (including phenoxy) is 2. The van der Waals surface area contributed by atoms with E-state index in [2.05, 4.69) is 4.74 Å². The summed E-state index contributed by atoms with van der Waals surface area (Å²) in [5.74, 6) is -0.272. The summed E-state index contributed by atoms with van der Waals surface area (Å²) < 4.78 is 45.4. The highest BCUT2D eigenvalue weighted by molar-refractivity contribution is 5.39. The molecule has 1 N–H and O–H groups in total. The van der Waals surface area contributed by atoms with Crippen molar-refractivity contribution in [2.24, 2.45) is 0 Å². The number of para-hydroxylation sites is 2. The zero-order chi connectivity index (χ0) is 13.4. The standard InChI is InChI=1S/C12H15F3O3/c13-12(14,15)18-11-7-3-2-6-10(11)17-9-5-1-4-8-16/h2-3,6-7,16H,1,4-5,8-9H2. The fraction of sp³-hybridized carbons (Fsp3) is 0.500. The summed E-state index contributed by atoms with van der Waals surface area (Å²) >= 11 is 0. The van der Waals surface area contributed by atoms with Gasteiger partial charge in [-0.1, -0.05) is 12.1 Å². The summed E-state index contributed by atoms with van der Waals surface area (Å²) in [5, 5.41) is 8.57. The molecule has 1 aromatic rings. The zero-order valence-electron chi connectivity index (χ0n) is 9.74. The van der Waals surface area contributed by atoms with E-state index in [4.69, 9.17) is 9.84 Å². The third-order valence-corrected chi connectivity index (χ3v) is 2.13. The van der Waals surface area contributed by atoms with Gasteiger partial charge in [-0.3, -0.25) is 0 Å². The molecule has 0 unspecified atom stereocenters. The van der Waals surface area contributed by atoms with Gasteiger partial charge in [-0.15, -0.1) is 13.2 Å². The van der Waals surface area contributed by atoms with Crippen molar-refractivity contribution in [3.8, 4) is 11.5 Å². The quantitative estimate of drug-likeness (QED) is 0.769. The van der Waals surface area contributed by atoms with Gasteiger partial charge in [0.05, 0.1) is 6.61 Å². The molecule has 1 rings (SSSR count). The first-order valence-electron chi connectivity index (χ1n) is 5.61. The Morgan fingerprint density at radius 1 is 1.00 bits per heavy atom. The molecule has 0 fully saturated rings. The Kier molecular flexibility index (Phi) is 5.77. The van der Waals surface area contributed by atoms with Gasteiger partial charge >= 0.3 is 6.36 Å². The van der Waals surface area contributed by atoms with Crippen LogP contribution in [0.5, 0.6) is 11.5 Å². The molecule has 0 spiro atoms. The predicted octanol–water partition coefficient (Wildman–Crippen LogP) is 3.13. The van der Waals surface area contributed by atoms with E-state index in [1.54, 1.807) is 6.07 Å². The summed E-state index contributed by atoms with van der Waals surface area (Å²) in [7, 11) is 0. The van der Waals surface area contributed by atoms with Crippen LogP contribution in [0.3, 0.4) is 0 Å². The van der Waals surface area contributed by atoms with E-state index in [0.717, 1.165) is 6.42 Å². The molecule has 0 aliphatic heterocycles. The summed E-state index contributed by atoms with van der Waals surface area (Å²) in [5.41, 5.74) is 0. The van der Waals surface area contributed by atoms with Crippen molar-refractivity contribution in [3.05, 3.63) is 24.3 Å². The maximum Gasteiger partial charge on any atom is 0.573 e. The molecule has 102 valence electrons. The second kappa shape index (κ2) is 7.10. The second-order valence-corrected chi connectivity index (χ2v) is 3.63. The van der Waals surface area contributed by atoms with Crippen LogP contribution in [-0.2, 0) is 0 Å². The van der Waals surface area contributed by atoms with Crippen LogP contribution in [0.15, 0.2) is 24.3 Å². The molecule has 0 radical (unpaired) electrons. The number of rotatable bonds is 7. The SMILES string of the molecule is OCCCCCOc1ccccc1OC(F)(F)F. The highest BCUT2D eigenvalue weighted by atomic mass is 19.4. The summed E-state index contributed by atoms with van der Waals surface area (Å²) in [6, 6.07) is 5.65. The fourth-order valence-corrected chi connectivity index (χ4v) is 1.35. The van der Waals surface area contributed by atoms with E-state index in [-0.39, 0.29) is 24.7 Å². The third kappa shape index (κ3) is 5.77. The Balaban J connectivity index is 2.49. The molecule has 0 aromatic heterocycles. The summed E-state index contributed by atoms with van der Waals surface area (Å²) in [6.45, 7) is 0.395. The molecule has 0 aliphatic carbocycles. The normalized spacial score (nSPS) is 11.3. The van der Waals surface area contributed by atoms with Crippen molar-refractivity contribution in [1.82, 2.24) is 0 Å². The summed E-state index contributed by atoms with van der Waals surface area (Å²) in [4.78, 5) is 0. The number of alkyl halides is 3. The second-order valence-electron chi connectivity index (χ2n) is 3.63. The molecule has 0 aliphatic rings. The smallest absolute Gasteiger partial charge is 0.490 e. The minimum Gasteiger partial charge on any atom is -0.490 e. The highest BCUT2D eigenvalue weighted by Gasteiger charge is 2.32. The van der Waals surface area contributed by atoms with Gasteiger partial charge < -0.3 is 14.6 Å². The topological polar surface area (TPSA) is 38.7 Å². The van der Waals surface area contributed by atoms with Crippen molar-refractivity contribution in [2.45, 2.75) is 25.6 Å². The van der Waals surface area contributed by atoms with Crippen LogP contribution in [0, 0.1) is 0 Å². The number of hydrogen-bond donors (Lipinski definition) is 1. The van der Waals surface area contributed by atoms with Gasteiger partial charge in [-0.25, -0.2) is 0 Å². The Morgan fingerprint density at radius 2 is 1.67 bits per heavy atom. The lowest BCUT2D eigenvalue weighted by Crippen LogP contribution is -2.17. The van der Waals surface area contributed by atoms with Crippen LogP contribution >= 0.6 is 0 Å². The molecule has 0 saturated heterocycles. The highest BCUT2D eigenvalue weighted by Crippen LogP contribution is 2.31. The number of aliphatic hydroxyl groups excluding tert-OH is 1. The number of benzene rings is 1. The van der Waals surface area contributed by atoms with Gasteiger partial charge in [-0.2, -0.15) is 0 Å². The molecule has 6 heteroatoms. The van der Waals surface area contributed by atoms with E-state index in [0.29, 0.717) is 12.8 Å². The number of hydrogen-bond acceptors (Lipinski definition) is 3. The first-order chi connectivity index (χ1) is 8.53. The van der Waals surface area contributed by atoms with E-state index < -0.39 is 6.36 Å². The molecule has 0 heterocycles. The van der Waals surface area contributed by atoms with Crippen molar-refractivity contribution in [1.29, 1.82) is 0 Å². The molecule has 0 amide bonds. The van der Waals surface area contributed by atoms with Crippen molar-refractivity contribution in [3.63, 3.8) is 0 Å². The van der Waals surface area contributed by atoms with Crippen LogP contribution in [0.2, 0.25) is 0 Å². The number of halogens is 3. The van der Waals surface area contributed by atoms with Crippen molar-refractivity contribution < 1.29 is 27.8 Å². The third-order valence-electron chi connectivity index (χ3n) is 2.13. The maximum absolute atomic E-state index is 12.1. The Morgan fingerprint density at radius 3 is 2.28 bits per heavy atom. The first-order valence-corrected chi connectivity index (χ1v) is 5.61. The Labute approximate surface area is 103 Å². The minimum atomic E-state index is -4.73. The Bertz CT molecular complexity index is 353. The lowest BCUT2D eigenvalue weighted by Gasteiger charge is -2.13. The van der Waals surface area contributed by atoms with Crippen molar-refractivity contribution >= 4 is 0 Å². The van der Waals surface area contributed by atoms with Crippen LogP contribution in [0.25, 0.3) is 0 Å². The van der Waals surface area contributed by atoms with E-state index in [9.17, 15) is 13.2 Å². The molecule has 1 aromatic carbocycles. The van der Waals surface area contributed by atoms with Gasteiger partial charge in [0, 0.05) is 6.61 Å². The lowest BCUT2D eigenvalue weighted by atomic mass is 10.2. The average molecular weight is 264 g/mol. The monoisotopic (exact) mass is 264 g/mol. The average Bonchev–Trinajstić information content (AvgIpc) is 2.29. The fourth-order valence-electron chi connectivity index (χ4n) is 1.35. The predicted molar refractivity (Wildman–Crippen MR) is 59.6 cm³/mol. The zero-order valence-corrected chi connectivity index (χ0v) is 9.74. The van der Waals surface area contributed by atoms with E-state index >= 15 is 0 Å². The summed E-state index contributed by atoms with van der Waals surface area (Å²) in [6.07, 6.45) is -2.64. The molecular formula is C12H15F3O3. The molecule has 0 bridgehead atoms. The minimum absolute atomic E-state index is 0.0684. The molecular weight excluding hydrogens is 249 g/mol.